The maximum absolute atomic E-state index is 5.56. The molecule has 1 unspecified atom stereocenters. The highest BCUT2D eigenvalue weighted by Crippen LogP contribution is 2.03. The highest BCUT2D eigenvalue weighted by Gasteiger charge is 1.99. The van der Waals surface area contributed by atoms with Crippen LogP contribution in [0.25, 0.3) is 0 Å². The molecule has 0 aromatic carbocycles. The van der Waals surface area contributed by atoms with Crippen LogP contribution in [0.5, 0.6) is 0 Å². The van der Waals surface area contributed by atoms with E-state index in [1.165, 1.54) is 0 Å². The molecule has 46 valence electrons. The third-order valence-electron chi connectivity index (χ3n) is 0.966. The van der Waals surface area contributed by atoms with E-state index >= 15 is 0 Å². The van der Waals surface area contributed by atoms with Crippen LogP contribution in [0, 0.1) is 0 Å². The molecular formula is C5H10N2S. The molecule has 1 heterocycles. The molecule has 0 saturated carbocycles. The Morgan fingerprint density at radius 2 is 2.62 bits per heavy atom. The Balaban J connectivity index is 2.28. The van der Waals surface area contributed by atoms with E-state index in [4.69, 9.17) is 5.73 Å². The van der Waals surface area contributed by atoms with Crippen molar-refractivity contribution in [2.24, 2.45) is 5.73 Å². The minimum atomic E-state index is 0.176. The van der Waals surface area contributed by atoms with E-state index in [0.29, 0.717) is 0 Å². The second-order valence-corrected chi connectivity index (χ2v) is 2.66. The van der Waals surface area contributed by atoms with Crippen molar-refractivity contribution in [3.63, 3.8) is 0 Å². The van der Waals surface area contributed by atoms with E-state index in [1.54, 1.807) is 11.8 Å². The number of hydrogen-bond acceptors (Lipinski definition) is 3. The van der Waals surface area contributed by atoms with Gasteiger partial charge in [-0.3, -0.25) is 5.32 Å². The first kappa shape index (κ1) is 6.13. The average molecular weight is 130 g/mol. The van der Waals surface area contributed by atoms with E-state index in [-0.39, 0.29) is 6.17 Å². The summed E-state index contributed by atoms with van der Waals surface area (Å²) in [6, 6.07) is 0. The lowest BCUT2D eigenvalue weighted by molar-refractivity contribution is 0.618. The second kappa shape index (κ2) is 3.12. The third kappa shape index (κ3) is 1.86. The lowest BCUT2D eigenvalue weighted by atomic mass is 10.5. The van der Waals surface area contributed by atoms with Crippen LogP contribution < -0.4 is 11.1 Å². The summed E-state index contributed by atoms with van der Waals surface area (Å²) >= 11 is 1.76. The molecule has 0 bridgehead atoms. The smallest absolute Gasteiger partial charge is 0.0645 e. The minimum absolute atomic E-state index is 0.176. The summed E-state index contributed by atoms with van der Waals surface area (Å²) in [5.74, 6) is 0.983. The van der Waals surface area contributed by atoms with Gasteiger partial charge in [0.25, 0.3) is 0 Å². The number of nitrogens with one attached hydrogen (secondary N) is 1. The maximum atomic E-state index is 5.56. The van der Waals surface area contributed by atoms with Gasteiger partial charge in [-0.15, -0.1) is 11.8 Å². The van der Waals surface area contributed by atoms with Gasteiger partial charge < -0.3 is 5.73 Å². The Morgan fingerprint density at radius 3 is 3.50 bits per heavy atom. The average Bonchev–Trinajstić information content (AvgIpc) is 1.94. The monoisotopic (exact) mass is 130 g/mol. The van der Waals surface area contributed by atoms with E-state index in [9.17, 15) is 0 Å². The standard InChI is InChI=1S/C5H10N2S/c6-5-4-8-3-1-2-7-5/h1,3,5,7H,2,4,6H2. The minimum Gasteiger partial charge on any atom is -0.315 e. The number of hydrogen-bond donors (Lipinski definition) is 2. The summed E-state index contributed by atoms with van der Waals surface area (Å²) in [6.07, 6.45) is 2.26. The van der Waals surface area contributed by atoms with Crippen LogP contribution in [0.3, 0.4) is 0 Å². The molecule has 3 heteroatoms. The first-order chi connectivity index (χ1) is 3.89. The summed E-state index contributed by atoms with van der Waals surface area (Å²) in [4.78, 5) is 0. The van der Waals surface area contributed by atoms with Crippen LogP contribution in [0.4, 0.5) is 0 Å². The van der Waals surface area contributed by atoms with Crippen LogP contribution >= 0.6 is 11.8 Å². The number of rotatable bonds is 0. The fourth-order valence-electron chi connectivity index (χ4n) is 0.554. The quantitative estimate of drug-likeness (QED) is 0.489. The van der Waals surface area contributed by atoms with Gasteiger partial charge in [0.15, 0.2) is 0 Å². The number of thioether (sulfide) groups is 1. The van der Waals surface area contributed by atoms with Crippen LogP contribution in [-0.4, -0.2) is 18.5 Å². The molecule has 0 fully saturated rings. The van der Waals surface area contributed by atoms with Crippen molar-refractivity contribution in [3.8, 4) is 0 Å². The summed E-state index contributed by atoms with van der Waals surface area (Å²) in [5.41, 5.74) is 5.56. The fraction of sp³-hybridized carbons (Fsp3) is 0.600. The summed E-state index contributed by atoms with van der Waals surface area (Å²) < 4.78 is 0. The van der Waals surface area contributed by atoms with Gasteiger partial charge in [-0.2, -0.15) is 0 Å². The largest absolute Gasteiger partial charge is 0.315 e. The van der Waals surface area contributed by atoms with Gasteiger partial charge in [0.2, 0.25) is 0 Å². The lowest BCUT2D eigenvalue weighted by Crippen LogP contribution is -2.38. The molecule has 0 radical (unpaired) electrons. The lowest BCUT2D eigenvalue weighted by Gasteiger charge is -2.06. The van der Waals surface area contributed by atoms with E-state index in [2.05, 4.69) is 16.8 Å². The molecule has 1 aliphatic heterocycles. The predicted molar refractivity (Wildman–Crippen MR) is 37.6 cm³/mol. The fourth-order valence-corrected chi connectivity index (χ4v) is 1.22. The van der Waals surface area contributed by atoms with E-state index in [0.717, 1.165) is 12.3 Å². The van der Waals surface area contributed by atoms with Crippen molar-refractivity contribution in [1.82, 2.24) is 5.32 Å². The highest BCUT2D eigenvalue weighted by molar-refractivity contribution is 8.02. The molecule has 0 saturated heterocycles. The first-order valence-corrected chi connectivity index (χ1v) is 3.70. The molecule has 0 spiro atoms. The molecule has 1 rings (SSSR count). The molecule has 3 N–H and O–H groups in total. The van der Waals surface area contributed by atoms with E-state index in [1.807, 2.05) is 0 Å². The molecular weight excluding hydrogens is 120 g/mol. The van der Waals surface area contributed by atoms with Gasteiger partial charge in [-0.1, -0.05) is 6.08 Å². The van der Waals surface area contributed by atoms with Crippen LogP contribution in [0.1, 0.15) is 0 Å². The molecule has 0 aromatic rings. The SMILES string of the molecule is NC1CSC=CCN1. The zero-order valence-corrected chi connectivity index (χ0v) is 5.45. The molecule has 0 aromatic heterocycles. The molecule has 2 nitrogen and oxygen atoms in total. The van der Waals surface area contributed by atoms with Crippen molar-refractivity contribution < 1.29 is 0 Å². The van der Waals surface area contributed by atoms with Gasteiger partial charge in [0.05, 0.1) is 6.17 Å². The van der Waals surface area contributed by atoms with Crippen molar-refractivity contribution in [2.45, 2.75) is 6.17 Å². The molecule has 1 aliphatic rings. The highest BCUT2D eigenvalue weighted by atomic mass is 32.2. The van der Waals surface area contributed by atoms with E-state index < -0.39 is 0 Å². The Labute approximate surface area is 53.5 Å². The van der Waals surface area contributed by atoms with Crippen molar-refractivity contribution >= 4 is 11.8 Å². The summed E-state index contributed by atoms with van der Waals surface area (Å²) in [7, 11) is 0. The van der Waals surface area contributed by atoms with Crippen molar-refractivity contribution in [3.05, 3.63) is 11.5 Å². The van der Waals surface area contributed by atoms with Gasteiger partial charge >= 0.3 is 0 Å². The Kier molecular flexibility index (Phi) is 2.39. The molecule has 1 atom stereocenters. The predicted octanol–water partition coefficient (Wildman–Crippen LogP) is 0.121. The van der Waals surface area contributed by atoms with Crippen LogP contribution in [0.15, 0.2) is 11.5 Å². The Hall–Kier alpha value is 0.01000. The Morgan fingerprint density at radius 1 is 1.75 bits per heavy atom. The van der Waals surface area contributed by atoms with Crippen molar-refractivity contribution in [1.29, 1.82) is 0 Å². The maximum Gasteiger partial charge on any atom is 0.0645 e. The van der Waals surface area contributed by atoms with Crippen molar-refractivity contribution in [2.75, 3.05) is 12.3 Å². The summed E-state index contributed by atoms with van der Waals surface area (Å²) in [5, 5.41) is 5.20. The molecule has 0 aliphatic carbocycles. The number of nitrogens with two attached hydrogens (primary N) is 1. The van der Waals surface area contributed by atoms with Gasteiger partial charge in [-0.25, -0.2) is 0 Å². The van der Waals surface area contributed by atoms with Gasteiger partial charge in [-0.05, 0) is 5.41 Å². The molecule has 8 heavy (non-hydrogen) atoms. The second-order valence-electron chi connectivity index (χ2n) is 1.72. The van der Waals surface area contributed by atoms with Crippen LogP contribution in [-0.2, 0) is 0 Å². The molecule has 0 amide bonds. The normalized spacial score (nSPS) is 29.9. The Bertz CT molecular complexity index is 82.4. The zero-order chi connectivity index (χ0) is 5.82. The first-order valence-electron chi connectivity index (χ1n) is 2.65. The van der Waals surface area contributed by atoms with Crippen LogP contribution in [0.2, 0.25) is 0 Å². The van der Waals surface area contributed by atoms with Gasteiger partial charge in [0, 0.05) is 12.3 Å². The zero-order valence-electron chi connectivity index (χ0n) is 4.63. The summed E-state index contributed by atoms with van der Waals surface area (Å²) in [6.45, 7) is 0.911. The topological polar surface area (TPSA) is 38.0 Å². The third-order valence-corrected chi connectivity index (χ3v) is 1.90. The van der Waals surface area contributed by atoms with Gasteiger partial charge in [0.1, 0.15) is 0 Å².